The summed E-state index contributed by atoms with van der Waals surface area (Å²) in [6, 6.07) is 8.64. The second-order valence-electron chi connectivity index (χ2n) is 2.83. The van der Waals surface area contributed by atoms with Gasteiger partial charge in [-0.3, -0.25) is 13.9 Å². The van der Waals surface area contributed by atoms with E-state index in [4.69, 9.17) is 5.11 Å². The fourth-order valence-electron chi connectivity index (χ4n) is 0.878. The molecule has 0 aromatic heterocycles. The van der Waals surface area contributed by atoms with E-state index in [2.05, 4.69) is 4.99 Å². The average Bonchev–Trinajstić information content (AvgIpc) is 2.15. The van der Waals surface area contributed by atoms with Gasteiger partial charge in [0.1, 0.15) is 11.3 Å². The molecule has 0 heterocycles. The van der Waals surface area contributed by atoms with Crippen LogP contribution in [-0.2, 0) is 4.79 Å². The molecular weight excluding hydrogens is 218 g/mol. The molecule has 0 aliphatic heterocycles. The summed E-state index contributed by atoms with van der Waals surface area (Å²) in [5.74, 6) is -1.99. The number of carboxylic acid groups (broad SMARTS) is 1. The molecule has 82 valence electrons. The molecule has 3 N–H and O–H groups in total. The summed E-state index contributed by atoms with van der Waals surface area (Å²) in [5.41, 5.74) is 1.43. The Labute approximate surface area is 88.4 Å². The first-order valence-electron chi connectivity index (χ1n) is 4.06. The fraction of sp³-hybridized carbons (Fsp3) is 0.111. The quantitative estimate of drug-likeness (QED) is 0.545. The number of hydrogen-bond acceptors (Lipinski definition) is 4. The third-order valence-electron chi connectivity index (χ3n) is 1.46. The smallest absolute Gasteiger partial charge is 0.323 e. The molecule has 6 heteroatoms. The number of aliphatic carboxylic acids is 1. The maximum absolute atomic E-state index is 10.3. The summed E-state index contributed by atoms with van der Waals surface area (Å²) in [6.45, 7) is 0. The lowest BCUT2D eigenvalue weighted by molar-refractivity contribution is -0.134. The number of carbonyl (C=O) groups is 1. The molecule has 0 saturated carbocycles. The largest absolute Gasteiger partial charge is 0.480 e. The molecule has 0 fully saturated rings. The minimum Gasteiger partial charge on any atom is -0.480 e. The van der Waals surface area contributed by atoms with Crippen LogP contribution in [0.2, 0.25) is 0 Å². The summed E-state index contributed by atoms with van der Waals surface area (Å²) in [4.78, 5) is 14.0. The molecule has 15 heavy (non-hydrogen) atoms. The van der Waals surface area contributed by atoms with Gasteiger partial charge in [-0.2, -0.15) is 0 Å². The number of nitrogens with zero attached hydrogens (tertiary/aromatic N) is 1. The van der Waals surface area contributed by atoms with Crippen molar-refractivity contribution in [2.24, 2.45) is 4.99 Å². The van der Waals surface area contributed by atoms with Crippen LogP contribution in [0, 0.1) is 0 Å². The van der Waals surface area contributed by atoms with Gasteiger partial charge in [0.25, 0.3) is 0 Å². The third kappa shape index (κ3) is 4.59. The molecule has 0 atom stereocenters. The highest BCUT2D eigenvalue weighted by Crippen LogP contribution is 2.35. The van der Waals surface area contributed by atoms with E-state index in [0.717, 1.165) is 5.55 Å². The number of aliphatic imine (C=N–C) groups is 1. The van der Waals surface area contributed by atoms with Gasteiger partial charge in [-0.1, -0.05) is 18.2 Å². The summed E-state index contributed by atoms with van der Waals surface area (Å²) >= 11 is 0. The van der Waals surface area contributed by atoms with Crippen molar-refractivity contribution >= 4 is 27.8 Å². The Morgan fingerprint density at radius 2 is 1.93 bits per heavy atom. The Morgan fingerprint density at radius 1 is 1.33 bits per heavy atom. The van der Waals surface area contributed by atoms with Crippen molar-refractivity contribution in [1.82, 2.24) is 0 Å². The monoisotopic (exact) mass is 229 g/mol. The zero-order chi connectivity index (χ0) is 11.3. The Morgan fingerprint density at radius 3 is 2.47 bits per heavy atom. The maximum Gasteiger partial charge on any atom is 0.323 e. The number of para-hydroxylation sites is 1. The van der Waals surface area contributed by atoms with Gasteiger partial charge in [0, 0.05) is 0 Å². The van der Waals surface area contributed by atoms with Crippen LogP contribution in [0.1, 0.15) is 0 Å². The first-order valence-corrected chi connectivity index (χ1v) is 5.84. The lowest BCUT2D eigenvalue weighted by Gasteiger charge is -2.24. The molecular formula is C9H11NO4S. The molecule has 1 rings (SSSR count). The van der Waals surface area contributed by atoms with Gasteiger partial charge in [0.05, 0.1) is 5.69 Å². The SMILES string of the molecule is O=C(O)CS(O)(O)C=Nc1ccccc1. The Bertz CT molecular complexity index is 364. The predicted octanol–water partition coefficient (Wildman–Crippen LogP) is 2.18. The van der Waals surface area contributed by atoms with Crippen LogP contribution in [0.15, 0.2) is 35.3 Å². The van der Waals surface area contributed by atoms with Crippen LogP contribution in [0.5, 0.6) is 0 Å². The second kappa shape index (κ2) is 4.92. The number of hydrogen-bond donors (Lipinski definition) is 3. The van der Waals surface area contributed by atoms with E-state index >= 15 is 0 Å². The highest BCUT2D eigenvalue weighted by Gasteiger charge is 2.13. The molecule has 1 aromatic carbocycles. The van der Waals surface area contributed by atoms with Gasteiger partial charge in [-0.05, 0) is 12.1 Å². The van der Waals surface area contributed by atoms with Crippen molar-refractivity contribution in [1.29, 1.82) is 0 Å². The van der Waals surface area contributed by atoms with Crippen molar-refractivity contribution in [2.45, 2.75) is 0 Å². The molecule has 0 aliphatic rings. The van der Waals surface area contributed by atoms with E-state index in [1.165, 1.54) is 0 Å². The fourth-order valence-corrected chi connectivity index (χ4v) is 1.61. The van der Waals surface area contributed by atoms with Crippen LogP contribution >= 0.6 is 10.6 Å². The molecule has 0 amide bonds. The zero-order valence-corrected chi connectivity index (χ0v) is 8.59. The highest BCUT2D eigenvalue weighted by molar-refractivity contribution is 8.35. The van der Waals surface area contributed by atoms with Crippen LogP contribution in [0.4, 0.5) is 5.69 Å². The summed E-state index contributed by atoms with van der Waals surface area (Å²) < 4.78 is 18.5. The molecule has 0 aliphatic carbocycles. The van der Waals surface area contributed by atoms with E-state index in [1.54, 1.807) is 30.3 Å². The van der Waals surface area contributed by atoms with Gasteiger partial charge in [-0.25, -0.2) is 4.99 Å². The van der Waals surface area contributed by atoms with Crippen molar-refractivity contribution in [3.8, 4) is 0 Å². The molecule has 5 nitrogen and oxygen atoms in total. The van der Waals surface area contributed by atoms with Crippen LogP contribution < -0.4 is 0 Å². The third-order valence-corrected chi connectivity index (χ3v) is 2.58. The molecule has 1 aromatic rings. The topological polar surface area (TPSA) is 90.1 Å². The van der Waals surface area contributed by atoms with Crippen LogP contribution in [0.3, 0.4) is 0 Å². The minimum absolute atomic E-state index is 0.544. The highest BCUT2D eigenvalue weighted by atomic mass is 32.3. The van der Waals surface area contributed by atoms with E-state index in [-0.39, 0.29) is 0 Å². The second-order valence-corrected chi connectivity index (χ2v) is 4.76. The molecule has 0 radical (unpaired) electrons. The molecule has 0 saturated heterocycles. The van der Waals surface area contributed by atoms with Gasteiger partial charge < -0.3 is 5.11 Å². The van der Waals surface area contributed by atoms with Crippen LogP contribution in [-0.4, -0.2) is 31.5 Å². The van der Waals surface area contributed by atoms with Crippen molar-refractivity contribution in [3.05, 3.63) is 30.3 Å². The zero-order valence-electron chi connectivity index (χ0n) is 7.78. The van der Waals surface area contributed by atoms with Gasteiger partial charge in [0.2, 0.25) is 0 Å². The summed E-state index contributed by atoms with van der Waals surface area (Å²) in [5, 5.41) is 8.39. The summed E-state index contributed by atoms with van der Waals surface area (Å²) in [7, 11) is -3.27. The van der Waals surface area contributed by atoms with Gasteiger partial charge in [0.15, 0.2) is 0 Å². The maximum atomic E-state index is 10.3. The van der Waals surface area contributed by atoms with Gasteiger partial charge in [-0.15, -0.1) is 10.6 Å². The number of carboxylic acids is 1. The Hall–Kier alpha value is -1.37. The Balaban J connectivity index is 2.68. The normalized spacial score (nSPS) is 12.9. The standard InChI is InChI=1S/C9H11NO4S/c11-9(12)6-15(13,14)7-10-8-4-2-1-3-5-8/h1-5,7,13-14H,6H2,(H,11,12). The van der Waals surface area contributed by atoms with E-state index in [9.17, 15) is 13.9 Å². The van der Waals surface area contributed by atoms with Crippen molar-refractivity contribution in [3.63, 3.8) is 0 Å². The number of benzene rings is 1. The van der Waals surface area contributed by atoms with Crippen molar-refractivity contribution < 1.29 is 19.0 Å². The minimum atomic E-state index is -3.27. The lowest BCUT2D eigenvalue weighted by Crippen LogP contribution is -2.12. The van der Waals surface area contributed by atoms with Crippen LogP contribution in [0.25, 0.3) is 0 Å². The Kier molecular flexibility index (Phi) is 3.84. The first kappa shape index (κ1) is 11.7. The molecule has 0 spiro atoms. The average molecular weight is 229 g/mol. The first-order chi connectivity index (χ1) is 6.99. The predicted molar refractivity (Wildman–Crippen MR) is 59.9 cm³/mol. The molecule has 0 bridgehead atoms. The number of rotatable bonds is 4. The molecule has 0 unspecified atom stereocenters. The van der Waals surface area contributed by atoms with E-state index in [1.807, 2.05) is 0 Å². The lowest BCUT2D eigenvalue weighted by atomic mass is 10.3. The van der Waals surface area contributed by atoms with E-state index in [0.29, 0.717) is 5.69 Å². The van der Waals surface area contributed by atoms with Gasteiger partial charge >= 0.3 is 5.97 Å². The summed E-state index contributed by atoms with van der Waals surface area (Å²) in [6.07, 6.45) is 0. The van der Waals surface area contributed by atoms with Crippen molar-refractivity contribution in [2.75, 3.05) is 5.75 Å². The van der Waals surface area contributed by atoms with E-state index < -0.39 is 22.3 Å².